The van der Waals surface area contributed by atoms with Gasteiger partial charge in [0.15, 0.2) is 0 Å². The van der Waals surface area contributed by atoms with E-state index in [1.54, 1.807) is 29.4 Å². The second kappa shape index (κ2) is 6.36. The van der Waals surface area contributed by atoms with Crippen LogP contribution < -0.4 is 21.9 Å². The van der Waals surface area contributed by atoms with E-state index in [0.717, 1.165) is 10.1 Å². The first-order chi connectivity index (χ1) is 13.0. The fourth-order valence-electron chi connectivity index (χ4n) is 3.02. The molecule has 148 valence electrons. The Morgan fingerprint density at radius 3 is 2.32 bits per heavy atom. The average molecular weight is 396 g/mol. The van der Waals surface area contributed by atoms with Gasteiger partial charge in [-0.2, -0.15) is 13.2 Å². The summed E-state index contributed by atoms with van der Waals surface area (Å²) in [5.74, 6) is -3.40. The SMILES string of the molecule is CCC(=O)N[C@]1(C(F)(F)F)C(=O)Nc2c1c(=O)[nH]c(=O)n2-c1ccc(C)cc1. The zero-order valence-electron chi connectivity index (χ0n) is 14.7. The number of carbonyl (C=O) groups is 2. The Labute approximate surface area is 155 Å². The van der Waals surface area contributed by atoms with Crippen molar-refractivity contribution in [2.75, 3.05) is 5.32 Å². The van der Waals surface area contributed by atoms with Crippen LogP contribution in [0, 0.1) is 6.92 Å². The highest BCUT2D eigenvalue weighted by atomic mass is 19.4. The first kappa shape index (κ1) is 19.4. The smallest absolute Gasteiger partial charge is 0.330 e. The van der Waals surface area contributed by atoms with Gasteiger partial charge in [0.1, 0.15) is 11.4 Å². The van der Waals surface area contributed by atoms with E-state index in [0.29, 0.717) is 0 Å². The summed E-state index contributed by atoms with van der Waals surface area (Å²) in [6, 6.07) is 6.09. The standard InChI is InChI=1S/C17H15F3N4O4/c1-3-10(25)23-16(17(18,19)20)11-12(21-14(16)27)24(15(28)22-13(11)26)9-6-4-8(2)5-7-9/h4-7H,3H2,1-2H3,(H,21,27)(H,23,25)(H,22,26,28)/t16-/m0/s1. The van der Waals surface area contributed by atoms with Gasteiger partial charge in [0.2, 0.25) is 11.4 Å². The van der Waals surface area contributed by atoms with Crippen molar-refractivity contribution in [1.82, 2.24) is 14.9 Å². The number of hydrogen-bond donors (Lipinski definition) is 3. The molecular formula is C17H15F3N4O4. The molecular weight excluding hydrogens is 381 g/mol. The number of rotatable bonds is 3. The van der Waals surface area contributed by atoms with Gasteiger partial charge in [-0.1, -0.05) is 24.6 Å². The highest BCUT2D eigenvalue weighted by molar-refractivity contribution is 6.07. The van der Waals surface area contributed by atoms with Crippen LogP contribution in [0.15, 0.2) is 33.9 Å². The summed E-state index contributed by atoms with van der Waals surface area (Å²) in [5, 5.41) is 3.58. The van der Waals surface area contributed by atoms with Crippen molar-refractivity contribution in [2.24, 2.45) is 0 Å². The molecule has 3 rings (SSSR count). The molecule has 28 heavy (non-hydrogen) atoms. The number of benzene rings is 1. The summed E-state index contributed by atoms with van der Waals surface area (Å²) >= 11 is 0. The van der Waals surface area contributed by atoms with E-state index in [1.165, 1.54) is 19.1 Å². The molecule has 0 saturated heterocycles. The normalized spacial score (nSPS) is 18.5. The zero-order chi connectivity index (χ0) is 20.9. The van der Waals surface area contributed by atoms with E-state index in [1.807, 2.05) is 5.32 Å². The van der Waals surface area contributed by atoms with Crippen molar-refractivity contribution < 1.29 is 22.8 Å². The van der Waals surface area contributed by atoms with Crippen molar-refractivity contribution in [2.45, 2.75) is 32.0 Å². The van der Waals surface area contributed by atoms with Crippen LogP contribution in [-0.4, -0.2) is 27.5 Å². The first-order valence-electron chi connectivity index (χ1n) is 8.19. The highest BCUT2D eigenvalue weighted by Crippen LogP contribution is 2.45. The van der Waals surface area contributed by atoms with Gasteiger partial charge in [0, 0.05) is 6.42 Å². The molecule has 11 heteroatoms. The third kappa shape index (κ3) is 2.70. The Kier molecular flexibility index (Phi) is 4.40. The molecule has 0 bridgehead atoms. The van der Waals surface area contributed by atoms with Gasteiger partial charge in [0.25, 0.3) is 11.5 Å². The maximum Gasteiger partial charge on any atom is 0.425 e. The number of nitrogens with one attached hydrogen (secondary N) is 3. The number of alkyl halides is 3. The Balaban J connectivity index is 2.39. The lowest BCUT2D eigenvalue weighted by Gasteiger charge is -2.29. The van der Waals surface area contributed by atoms with E-state index in [4.69, 9.17) is 0 Å². The molecule has 0 spiro atoms. The number of carbonyl (C=O) groups excluding carboxylic acids is 2. The summed E-state index contributed by atoms with van der Waals surface area (Å²) in [7, 11) is 0. The minimum Gasteiger partial charge on any atom is -0.330 e. The molecule has 2 aromatic rings. The molecule has 0 unspecified atom stereocenters. The summed E-state index contributed by atoms with van der Waals surface area (Å²) < 4.78 is 42.7. The number of halogens is 3. The van der Waals surface area contributed by atoms with Gasteiger partial charge in [0.05, 0.1) is 5.69 Å². The lowest BCUT2D eigenvalue weighted by Crippen LogP contribution is -2.61. The number of aromatic nitrogens is 2. The molecule has 2 heterocycles. The van der Waals surface area contributed by atoms with Gasteiger partial charge in [-0.25, -0.2) is 9.36 Å². The van der Waals surface area contributed by atoms with Crippen molar-refractivity contribution in [3.63, 3.8) is 0 Å². The van der Waals surface area contributed by atoms with Gasteiger partial charge >= 0.3 is 11.9 Å². The third-order valence-electron chi connectivity index (χ3n) is 4.42. The average Bonchev–Trinajstić information content (AvgIpc) is 2.89. The molecule has 1 atom stereocenters. The van der Waals surface area contributed by atoms with E-state index in [9.17, 15) is 32.3 Å². The Morgan fingerprint density at radius 1 is 1.18 bits per heavy atom. The molecule has 1 aliphatic heterocycles. The second-order valence-corrected chi connectivity index (χ2v) is 6.26. The van der Waals surface area contributed by atoms with Crippen LogP contribution in [0.25, 0.3) is 5.69 Å². The topological polar surface area (TPSA) is 113 Å². The molecule has 0 aliphatic carbocycles. The molecule has 3 N–H and O–H groups in total. The zero-order valence-corrected chi connectivity index (χ0v) is 14.7. The lowest BCUT2D eigenvalue weighted by molar-refractivity contribution is -0.200. The van der Waals surface area contributed by atoms with E-state index >= 15 is 0 Å². The molecule has 1 aromatic heterocycles. The molecule has 0 fully saturated rings. The van der Waals surface area contributed by atoms with Crippen LogP contribution in [0.3, 0.4) is 0 Å². The Bertz CT molecular complexity index is 1090. The minimum absolute atomic E-state index is 0.128. The van der Waals surface area contributed by atoms with Crippen LogP contribution >= 0.6 is 0 Å². The second-order valence-electron chi connectivity index (χ2n) is 6.26. The molecule has 0 radical (unpaired) electrons. The number of fused-ring (bicyclic) bond motifs is 1. The first-order valence-corrected chi connectivity index (χ1v) is 8.19. The fraction of sp³-hybridized carbons (Fsp3) is 0.294. The number of amides is 2. The fourth-order valence-corrected chi connectivity index (χ4v) is 3.02. The Morgan fingerprint density at radius 2 is 1.79 bits per heavy atom. The number of aromatic amines is 1. The predicted octanol–water partition coefficient (Wildman–Crippen LogP) is 1.07. The molecule has 8 nitrogen and oxygen atoms in total. The van der Waals surface area contributed by atoms with Gasteiger partial charge in [-0.3, -0.25) is 19.4 Å². The molecule has 1 aromatic carbocycles. The maximum atomic E-state index is 14.0. The molecule has 0 saturated carbocycles. The van der Waals surface area contributed by atoms with Crippen LogP contribution in [0.1, 0.15) is 24.5 Å². The quantitative estimate of drug-likeness (QED) is 0.720. The summed E-state index contributed by atoms with van der Waals surface area (Å²) in [6.07, 6.45) is -5.69. The van der Waals surface area contributed by atoms with Crippen LogP contribution in [-0.2, 0) is 15.1 Å². The number of aryl methyl sites for hydroxylation is 1. The van der Waals surface area contributed by atoms with Crippen LogP contribution in [0.5, 0.6) is 0 Å². The number of nitrogens with zero attached hydrogens (tertiary/aromatic N) is 1. The van der Waals surface area contributed by atoms with Crippen molar-refractivity contribution >= 4 is 17.6 Å². The van der Waals surface area contributed by atoms with Crippen molar-refractivity contribution in [3.8, 4) is 5.69 Å². The number of anilines is 1. The van der Waals surface area contributed by atoms with Gasteiger partial charge in [-0.05, 0) is 19.1 Å². The van der Waals surface area contributed by atoms with E-state index < -0.39 is 46.2 Å². The summed E-state index contributed by atoms with van der Waals surface area (Å²) in [5.41, 5.74) is -6.21. The van der Waals surface area contributed by atoms with Gasteiger partial charge in [-0.15, -0.1) is 0 Å². The van der Waals surface area contributed by atoms with Crippen LogP contribution in [0.4, 0.5) is 19.0 Å². The lowest BCUT2D eigenvalue weighted by atomic mass is 9.91. The Hall–Kier alpha value is -3.37. The number of H-pyrrole nitrogens is 1. The third-order valence-corrected chi connectivity index (χ3v) is 4.42. The summed E-state index contributed by atoms with van der Waals surface area (Å²) in [4.78, 5) is 50.7. The van der Waals surface area contributed by atoms with Crippen molar-refractivity contribution in [3.05, 3.63) is 56.2 Å². The molecule has 1 aliphatic rings. The highest BCUT2D eigenvalue weighted by Gasteiger charge is 2.68. The minimum atomic E-state index is -5.34. The van der Waals surface area contributed by atoms with Gasteiger partial charge < -0.3 is 10.6 Å². The van der Waals surface area contributed by atoms with E-state index in [-0.39, 0.29) is 12.1 Å². The number of hydrogen-bond acceptors (Lipinski definition) is 4. The van der Waals surface area contributed by atoms with Crippen LogP contribution in [0.2, 0.25) is 0 Å². The monoisotopic (exact) mass is 396 g/mol. The largest absolute Gasteiger partial charge is 0.425 e. The predicted molar refractivity (Wildman–Crippen MR) is 92.2 cm³/mol. The maximum absolute atomic E-state index is 14.0. The van der Waals surface area contributed by atoms with Crippen molar-refractivity contribution in [1.29, 1.82) is 0 Å². The summed E-state index contributed by atoms with van der Waals surface area (Å²) in [6.45, 7) is 3.06. The molecule has 2 amide bonds. The van der Waals surface area contributed by atoms with E-state index in [2.05, 4.69) is 0 Å².